The number of para-hydroxylation sites is 2. The molecule has 3 N–H and O–H groups in total. The summed E-state index contributed by atoms with van der Waals surface area (Å²) in [5, 5.41) is 3.02. The Hall–Kier alpha value is -2.08. The lowest BCUT2D eigenvalue weighted by Gasteiger charge is -2.25. The molecular weight excluding hydrogens is 383 g/mol. The number of amides is 1. The van der Waals surface area contributed by atoms with Gasteiger partial charge in [0.1, 0.15) is 6.33 Å². The van der Waals surface area contributed by atoms with Gasteiger partial charge in [-0.25, -0.2) is 4.98 Å². The Morgan fingerprint density at radius 2 is 1.81 bits per heavy atom. The maximum absolute atomic E-state index is 12.4. The molecule has 0 radical (unpaired) electrons. The Morgan fingerprint density at radius 3 is 2.56 bits per heavy atom. The first-order chi connectivity index (χ1) is 12.2. The number of aromatic nitrogens is 2. The smallest absolute Gasteiger partial charge is 0.227 e. The summed E-state index contributed by atoms with van der Waals surface area (Å²) in [7, 11) is 0. The van der Waals surface area contributed by atoms with Crippen LogP contribution in [0.5, 0.6) is 0 Å². The highest BCUT2D eigenvalue weighted by Gasteiger charge is 2.25. The van der Waals surface area contributed by atoms with E-state index in [1.165, 1.54) is 0 Å². The minimum absolute atomic E-state index is 0. The van der Waals surface area contributed by atoms with Crippen molar-refractivity contribution in [3.63, 3.8) is 0 Å². The first kappa shape index (κ1) is 21.2. The zero-order valence-electron chi connectivity index (χ0n) is 14.9. The Balaban J connectivity index is 0.00000131. The Labute approximate surface area is 171 Å². The summed E-state index contributed by atoms with van der Waals surface area (Å²) < 4.78 is 2.04. The summed E-state index contributed by atoms with van der Waals surface area (Å²) in [5.74, 6) is 0.108. The van der Waals surface area contributed by atoms with Crippen LogP contribution in [0.2, 0.25) is 0 Å². The summed E-state index contributed by atoms with van der Waals surface area (Å²) in [4.78, 5) is 16.8. The van der Waals surface area contributed by atoms with Crippen molar-refractivity contribution in [2.24, 2.45) is 11.7 Å². The molecule has 1 aliphatic rings. The summed E-state index contributed by atoms with van der Waals surface area (Å²) in [6.45, 7) is 0. The molecular formula is C20H24Cl2N4O. The third kappa shape index (κ3) is 4.61. The van der Waals surface area contributed by atoms with Crippen molar-refractivity contribution in [3.8, 4) is 5.69 Å². The van der Waals surface area contributed by atoms with Crippen molar-refractivity contribution in [1.29, 1.82) is 0 Å². The average molecular weight is 407 g/mol. The van der Waals surface area contributed by atoms with Gasteiger partial charge in [-0.15, -0.1) is 24.8 Å². The molecule has 5 nitrogen and oxygen atoms in total. The molecule has 2 atom stereocenters. The van der Waals surface area contributed by atoms with E-state index in [-0.39, 0.29) is 42.7 Å². The van der Waals surface area contributed by atoms with E-state index in [0.717, 1.165) is 48.1 Å². The Morgan fingerprint density at radius 1 is 1.07 bits per heavy atom. The van der Waals surface area contributed by atoms with Gasteiger partial charge in [0.2, 0.25) is 5.91 Å². The predicted molar refractivity (Wildman–Crippen MR) is 114 cm³/mol. The second-order valence-corrected chi connectivity index (χ2v) is 6.76. The third-order valence-electron chi connectivity index (χ3n) is 4.95. The molecule has 0 aliphatic heterocycles. The van der Waals surface area contributed by atoms with Gasteiger partial charge >= 0.3 is 0 Å². The number of carbonyl (C=O) groups is 1. The molecule has 1 fully saturated rings. The maximum Gasteiger partial charge on any atom is 0.227 e. The van der Waals surface area contributed by atoms with Crippen LogP contribution in [0.15, 0.2) is 54.9 Å². The summed E-state index contributed by atoms with van der Waals surface area (Å²) in [6, 6.07) is 16.0. The number of fused-ring (bicyclic) bond motifs is 1. The zero-order chi connectivity index (χ0) is 17.2. The maximum atomic E-state index is 12.4. The molecule has 0 bridgehead atoms. The second kappa shape index (κ2) is 9.22. The molecule has 0 saturated heterocycles. The number of benzene rings is 2. The molecule has 0 spiro atoms. The van der Waals surface area contributed by atoms with Crippen LogP contribution in [0.4, 0.5) is 5.69 Å². The van der Waals surface area contributed by atoms with Crippen LogP contribution in [0.1, 0.15) is 25.7 Å². The monoisotopic (exact) mass is 406 g/mol. The Kier molecular flexibility index (Phi) is 7.25. The second-order valence-electron chi connectivity index (χ2n) is 6.76. The van der Waals surface area contributed by atoms with Crippen molar-refractivity contribution in [2.45, 2.75) is 31.7 Å². The molecule has 2 unspecified atom stereocenters. The van der Waals surface area contributed by atoms with E-state index < -0.39 is 0 Å². The van der Waals surface area contributed by atoms with Crippen LogP contribution in [0.3, 0.4) is 0 Å². The van der Waals surface area contributed by atoms with E-state index in [1.54, 1.807) is 0 Å². The standard InChI is InChI=1S/C20H22N4O.2ClH/c21-15-5-3-4-14(12-15)20(25)23-16-8-10-17(11-9-16)24-13-22-18-6-1-2-7-19(18)24;;/h1-2,6-11,13-15H,3-5,12,21H2,(H,23,25);2*1H. The average Bonchev–Trinajstić information content (AvgIpc) is 3.06. The van der Waals surface area contributed by atoms with Gasteiger partial charge in [-0.2, -0.15) is 0 Å². The molecule has 1 aliphatic carbocycles. The third-order valence-corrected chi connectivity index (χ3v) is 4.95. The molecule has 3 aromatic rings. The molecule has 1 aromatic heterocycles. The van der Waals surface area contributed by atoms with Gasteiger partial charge in [-0.1, -0.05) is 18.6 Å². The minimum atomic E-state index is 0. The Bertz CT molecular complexity index is 894. The SMILES string of the molecule is Cl.Cl.NC1CCCC(C(=O)Nc2ccc(-n3cnc4ccccc43)cc2)C1. The number of imidazole rings is 1. The number of hydrogen-bond acceptors (Lipinski definition) is 3. The largest absolute Gasteiger partial charge is 0.328 e. The van der Waals surface area contributed by atoms with Gasteiger partial charge in [0, 0.05) is 23.3 Å². The number of halogens is 2. The van der Waals surface area contributed by atoms with E-state index >= 15 is 0 Å². The van der Waals surface area contributed by atoms with Gasteiger partial charge in [0.05, 0.1) is 11.0 Å². The first-order valence-corrected chi connectivity index (χ1v) is 8.80. The van der Waals surface area contributed by atoms with Crippen molar-refractivity contribution in [2.75, 3.05) is 5.32 Å². The van der Waals surface area contributed by atoms with Crippen molar-refractivity contribution >= 4 is 47.4 Å². The fraction of sp³-hybridized carbons (Fsp3) is 0.300. The van der Waals surface area contributed by atoms with E-state index in [1.807, 2.05) is 59.4 Å². The van der Waals surface area contributed by atoms with Gasteiger partial charge in [0.15, 0.2) is 0 Å². The van der Waals surface area contributed by atoms with Gasteiger partial charge in [-0.3, -0.25) is 9.36 Å². The van der Waals surface area contributed by atoms with E-state index in [2.05, 4.69) is 10.3 Å². The zero-order valence-corrected chi connectivity index (χ0v) is 16.5. The number of nitrogens with two attached hydrogens (primary N) is 1. The molecule has 4 rings (SSSR count). The van der Waals surface area contributed by atoms with Crippen LogP contribution in [0, 0.1) is 5.92 Å². The number of nitrogens with one attached hydrogen (secondary N) is 1. The molecule has 1 heterocycles. The number of hydrogen-bond donors (Lipinski definition) is 2. The molecule has 1 amide bonds. The van der Waals surface area contributed by atoms with Crippen LogP contribution in [0.25, 0.3) is 16.7 Å². The normalized spacial score (nSPS) is 19.0. The molecule has 1 saturated carbocycles. The number of nitrogens with zero attached hydrogens (tertiary/aromatic N) is 2. The van der Waals surface area contributed by atoms with Crippen molar-refractivity contribution < 1.29 is 4.79 Å². The van der Waals surface area contributed by atoms with Crippen LogP contribution < -0.4 is 11.1 Å². The van der Waals surface area contributed by atoms with Crippen LogP contribution >= 0.6 is 24.8 Å². The number of anilines is 1. The highest BCUT2D eigenvalue weighted by Crippen LogP contribution is 2.25. The van der Waals surface area contributed by atoms with Gasteiger partial charge < -0.3 is 11.1 Å². The van der Waals surface area contributed by atoms with E-state index in [9.17, 15) is 4.79 Å². The molecule has 144 valence electrons. The molecule has 7 heteroatoms. The lowest BCUT2D eigenvalue weighted by atomic mass is 9.85. The fourth-order valence-electron chi connectivity index (χ4n) is 3.58. The van der Waals surface area contributed by atoms with Crippen molar-refractivity contribution in [3.05, 3.63) is 54.9 Å². The number of carbonyl (C=O) groups excluding carboxylic acids is 1. The quantitative estimate of drug-likeness (QED) is 0.679. The first-order valence-electron chi connectivity index (χ1n) is 8.80. The fourth-order valence-corrected chi connectivity index (χ4v) is 3.58. The van der Waals surface area contributed by atoms with Gasteiger partial charge in [0.25, 0.3) is 0 Å². The molecule has 27 heavy (non-hydrogen) atoms. The number of rotatable bonds is 3. The van der Waals surface area contributed by atoms with Gasteiger partial charge in [-0.05, 0) is 55.7 Å². The molecule has 2 aromatic carbocycles. The van der Waals surface area contributed by atoms with E-state index in [0.29, 0.717) is 0 Å². The lowest BCUT2D eigenvalue weighted by Crippen LogP contribution is -2.34. The summed E-state index contributed by atoms with van der Waals surface area (Å²) in [6.07, 6.45) is 5.59. The topological polar surface area (TPSA) is 72.9 Å². The summed E-state index contributed by atoms with van der Waals surface area (Å²) in [5.41, 5.74) is 9.86. The van der Waals surface area contributed by atoms with E-state index in [4.69, 9.17) is 5.73 Å². The predicted octanol–water partition coefficient (Wildman–Crippen LogP) is 4.33. The van der Waals surface area contributed by atoms with Crippen LogP contribution in [-0.4, -0.2) is 21.5 Å². The highest BCUT2D eigenvalue weighted by molar-refractivity contribution is 5.92. The van der Waals surface area contributed by atoms with Crippen LogP contribution in [-0.2, 0) is 4.79 Å². The minimum Gasteiger partial charge on any atom is -0.328 e. The lowest BCUT2D eigenvalue weighted by molar-refractivity contribution is -0.120. The highest BCUT2D eigenvalue weighted by atomic mass is 35.5. The van der Waals surface area contributed by atoms with Crippen molar-refractivity contribution in [1.82, 2.24) is 9.55 Å². The summed E-state index contributed by atoms with van der Waals surface area (Å²) >= 11 is 0.